The van der Waals surface area contributed by atoms with Crippen LogP contribution in [0.1, 0.15) is 42.6 Å². The molecule has 3 rings (SSSR count). The van der Waals surface area contributed by atoms with Gasteiger partial charge >= 0.3 is 0 Å². The van der Waals surface area contributed by atoms with Gasteiger partial charge in [-0.2, -0.15) is 5.10 Å². The van der Waals surface area contributed by atoms with Crippen LogP contribution in [-0.4, -0.2) is 42.1 Å². The quantitative estimate of drug-likeness (QED) is 0.345. The maximum atomic E-state index is 12.6. The molecule has 2 aromatic rings. The Hall–Kier alpha value is -3.46. The highest BCUT2D eigenvalue weighted by atomic mass is 35.5. The fourth-order valence-electron chi connectivity index (χ4n) is 3.62. The van der Waals surface area contributed by atoms with E-state index >= 15 is 0 Å². The van der Waals surface area contributed by atoms with Crippen LogP contribution in [0.3, 0.4) is 0 Å². The molecular weight excluding hydrogens is 446 g/mol. The second-order valence-electron chi connectivity index (χ2n) is 8.14. The van der Waals surface area contributed by atoms with Crippen molar-refractivity contribution < 1.29 is 14.5 Å². The molecule has 9 nitrogen and oxygen atoms in total. The molecule has 1 fully saturated rings. The van der Waals surface area contributed by atoms with Crippen molar-refractivity contribution in [3.05, 3.63) is 68.7 Å². The molecule has 174 valence electrons. The summed E-state index contributed by atoms with van der Waals surface area (Å²) in [5.74, 6) is -1.13. The number of hydrogen-bond acceptors (Lipinski definition) is 6. The van der Waals surface area contributed by atoms with Crippen molar-refractivity contribution in [1.82, 2.24) is 10.7 Å². The first-order valence-electron chi connectivity index (χ1n) is 10.7. The number of anilines is 1. The Morgan fingerprint density at radius 3 is 2.55 bits per heavy atom. The van der Waals surface area contributed by atoms with Gasteiger partial charge in [0.25, 0.3) is 17.5 Å². The van der Waals surface area contributed by atoms with Crippen molar-refractivity contribution in [3.8, 4) is 0 Å². The van der Waals surface area contributed by atoms with Crippen molar-refractivity contribution in [1.29, 1.82) is 0 Å². The number of benzene rings is 2. The molecule has 2 aromatic carbocycles. The maximum Gasteiger partial charge on any atom is 0.293 e. The zero-order valence-electron chi connectivity index (χ0n) is 18.5. The minimum absolute atomic E-state index is 0.000943. The van der Waals surface area contributed by atoms with E-state index in [4.69, 9.17) is 11.6 Å². The topological polar surface area (TPSA) is 117 Å². The van der Waals surface area contributed by atoms with Gasteiger partial charge in [0.2, 0.25) is 0 Å². The number of amides is 2. The summed E-state index contributed by atoms with van der Waals surface area (Å²) in [5.41, 5.74) is 3.82. The molecule has 1 heterocycles. The number of nitro benzene ring substituents is 1. The van der Waals surface area contributed by atoms with Gasteiger partial charge in [-0.1, -0.05) is 37.6 Å². The van der Waals surface area contributed by atoms with Crippen LogP contribution in [0.4, 0.5) is 11.4 Å². The van der Waals surface area contributed by atoms with E-state index in [0.717, 1.165) is 25.9 Å². The Balaban J connectivity index is 1.67. The molecule has 10 heteroatoms. The maximum absolute atomic E-state index is 12.6. The van der Waals surface area contributed by atoms with Crippen LogP contribution in [0.15, 0.2) is 47.6 Å². The summed E-state index contributed by atoms with van der Waals surface area (Å²) >= 11 is 5.93. The van der Waals surface area contributed by atoms with E-state index in [9.17, 15) is 19.7 Å². The zero-order valence-corrected chi connectivity index (χ0v) is 19.2. The van der Waals surface area contributed by atoms with Gasteiger partial charge in [0.05, 0.1) is 11.1 Å². The lowest BCUT2D eigenvalue weighted by Gasteiger charge is -2.20. The van der Waals surface area contributed by atoms with Crippen molar-refractivity contribution in [2.45, 2.75) is 32.7 Å². The van der Waals surface area contributed by atoms with Gasteiger partial charge in [0, 0.05) is 35.3 Å². The van der Waals surface area contributed by atoms with Crippen molar-refractivity contribution in [3.63, 3.8) is 0 Å². The Kier molecular flexibility index (Phi) is 8.00. The lowest BCUT2D eigenvalue weighted by atomic mass is 10.0. The average molecular weight is 472 g/mol. The summed E-state index contributed by atoms with van der Waals surface area (Å²) in [4.78, 5) is 38.2. The number of carbonyl (C=O) groups is 2. The third-order valence-electron chi connectivity index (χ3n) is 5.35. The highest BCUT2D eigenvalue weighted by molar-refractivity contribution is 6.31. The molecule has 1 saturated heterocycles. The minimum Gasteiger partial charge on any atom is -0.366 e. The first kappa shape index (κ1) is 24.2. The largest absolute Gasteiger partial charge is 0.366 e. The molecule has 0 radical (unpaired) electrons. The Labute approximate surface area is 197 Å². The number of halogens is 1. The van der Waals surface area contributed by atoms with Crippen LogP contribution in [-0.2, 0) is 4.79 Å². The molecule has 1 atom stereocenters. The van der Waals surface area contributed by atoms with E-state index in [1.54, 1.807) is 44.2 Å². The van der Waals surface area contributed by atoms with Crippen LogP contribution in [0.5, 0.6) is 0 Å². The molecule has 1 unspecified atom stereocenters. The van der Waals surface area contributed by atoms with Crippen molar-refractivity contribution >= 4 is 41.0 Å². The van der Waals surface area contributed by atoms with Gasteiger partial charge < -0.3 is 10.2 Å². The van der Waals surface area contributed by atoms with E-state index in [0.29, 0.717) is 21.8 Å². The van der Waals surface area contributed by atoms with E-state index in [-0.39, 0.29) is 11.6 Å². The molecule has 0 saturated carbocycles. The monoisotopic (exact) mass is 471 g/mol. The third-order valence-corrected chi connectivity index (χ3v) is 5.59. The normalized spacial score (nSPS) is 14.5. The molecule has 0 spiro atoms. The zero-order chi connectivity index (χ0) is 24.0. The number of hydrogen-bond donors (Lipinski definition) is 2. The van der Waals surface area contributed by atoms with E-state index in [1.807, 2.05) is 4.90 Å². The van der Waals surface area contributed by atoms with Crippen molar-refractivity contribution in [2.24, 2.45) is 11.0 Å². The summed E-state index contributed by atoms with van der Waals surface area (Å²) in [6, 6.07) is 10.5. The van der Waals surface area contributed by atoms with Crippen LogP contribution in [0.2, 0.25) is 5.02 Å². The highest BCUT2D eigenvalue weighted by Crippen LogP contribution is 2.31. The smallest absolute Gasteiger partial charge is 0.293 e. The van der Waals surface area contributed by atoms with E-state index in [1.165, 1.54) is 18.3 Å². The summed E-state index contributed by atoms with van der Waals surface area (Å²) in [5, 5.41) is 18.6. The minimum atomic E-state index is -0.833. The number of nitro groups is 1. The molecule has 1 aliphatic rings. The van der Waals surface area contributed by atoms with Gasteiger partial charge in [0.15, 0.2) is 0 Å². The lowest BCUT2D eigenvalue weighted by molar-refractivity contribution is -0.384. The number of nitrogens with one attached hydrogen (secondary N) is 2. The van der Waals surface area contributed by atoms with Gasteiger partial charge in [-0.3, -0.25) is 19.7 Å². The summed E-state index contributed by atoms with van der Waals surface area (Å²) < 4.78 is 0. The predicted molar refractivity (Wildman–Crippen MR) is 128 cm³/mol. The predicted octanol–water partition coefficient (Wildman–Crippen LogP) is 3.75. The second kappa shape index (κ2) is 10.9. The molecule has 0 aromatic heterocycles. The Morgan fingerprint density at radius 1 is 1.18 bits per heavy atom. The van der Waals surface area contributed by atoms with Gasteiger partial charge in [-0.15, -0.1) is 0 Å². The van der Waals surface area contributed by atoms with E-state index in [2.05, 4.69) is 15.8 Å². The number of rotatable bonds is 8. The Bertz CT molecular complexity index is 1070. The SMILES string of the molecule is CC(C)C(NC(=O)c1cccc(Cl)c1)C(=O)N/N=C\c1ccc(N2CCCC2)c([N+](=O)[O-])c1. The highest BCUT2D eigenvalue weighted by Gasteiger charge is 2.25. The van der Waals surface area contributed by atoms with Crippen molar-refractivity contribution in [2.75, 3.05) is 18.0 Å². The first-order valence-corrected chi connectivity index (χ1v) is 11.1. The Morgan fingerprint density at radius 2 is 1.91 bits per heavy atom. The van der Waals surface area contributed by atoms with Crippen LogP contribution in [0, 0.1) is 16.0 Å². The molecular formula is C23H26ClN5O4. The fraction of sp³-hybridized carbons (Fsp3) is 0.348. The molecule has 2 N–H and O–H groups in total. The molecule has 1 aliphatic heterocycles. The van der Waals surface area contributed by atoms with Gasteiger partial charge in [-0.05, 0) is 43.0 Å². The van der Waals surface area contributed by atoms with Crippen LogP contribution < -0.4 is 15.6 Å². The molecule has 0 bridgehead atoms. The molecule has 33 heavy (non-hydrogen) atoms. The summed E-state index contributed by atoms with van der Waals surface area (Å²) in [6.45, 7) is 5.18. The molecule has 0 aliphatic carbocycles. The molecule has 2 amide bonds. The van der Waals surface area contributed by atoms with E-state index < -0.39 is 22.8 Å². The number of hydrazone groups is 1. The first-order chi connectivity index (χ1) is 15.8. The van der Waals surface area contributed by atoms with Gasteiger partial charge in [0.1, 0.15) is 11.7 Å². The standard InChI is InChI=1S/C23H26ClN5O4/c1-15(2)21(26-22(30)17-6-5-7-18(24)13-17)23(31)27-25-14-16-8-9-19(20(12-16)29(32)33)28-10-3-4-11-28/h5-9,12-15,21H,3-4,10-11H2,1-2H3,(H,26,30)(H,27,31)/b25-14-. The lowest BCUT2D eigenvalue weighted by Crippen LogP contribution is -2.48. The van der Waals surface area contributed by atoms with Gasteiger partial charge in [-0.25, -0.2) is 5.43 Å². The third kappa shape index (κ3) is 6.29. The van der Waals surface area contributed by atoms with Crippen LogP contribution >= 0.6 is 11.6 Å². The summed E-state index contributed by atoms with van der Waals surface area (Å²) in [7, 11) is 0. The number of nitrogens with zero attached hydrogens (tertiary/aromatic N) is 3. The van der Waals surface area contributed by atoms with Crippen LogP contribution in [0.25, 0.3) is 0 Å². The second-order valence-corrected chi connectivity index (χ2v) is 8.58. The average Bonchev–Trinajstić information content (AvgIpc) is 3.31. The number of carbonyl (C=O) groups excluding carboxylic acids is 2. The fourth-order valence-corrected chi connectivity index (χ4v) is 3.81. The summed E-state index contributed by atoms with van der Waals surface area (Å²) in [6.07, 6.45) is 3.36.